The number of rotatable bonds is 6. The summed E-state index contributed by atoms with van der Waals surface area (Å²) in [6, 6.07) is 12.0. The monoisotopic (exact) mass is 397 g/mol. The highest BCUT2D eigenvalue weighted by Crippen LogP contribution is 2.25. The summed E-state index contributed by atoms with van der Waals surface area (Å²) < 4.78 is 21.1. The van der Waals surface area contributed by atoms with E-state index < -0.39 is 6.09 Å². The predicted molar refractivity (Wildman–Crippen MR) is 108 cm³/mol. The van der Waals surface area contributed by atoms with Crippen molar-refractivity contribution >= 4 is 18.0 Å². The molecule has 3 rings (SSSR count). The Morgan fingerprint density at radius 3 is 2.52 bits per heavy atom. The molecule has 2 aromatic carbocycles. The Morgan fingerprint density at radius 2 is 1.79 bits per heavy atom. The van der Waals surface area contributed by atoms with Gasteiger partial charge < -0.3 is 23.8 Å². The molecule has 0 aliphatic carbocycles. The number of methoxy groups -OCH3 is 2. The fourth-order valence-electron chi connectivity index (χ4n) is 2.86. The van der Waals surface area contributed by atoms with E-state index >= 15 is 0 Å². The lowest BCUT2D eigenvalue weighted by molar-refractivity contribution is 0.0416. The standard InChI is InChI=1S/C22H23NO6/c1-26-17-7-8-19(21(15-17)27-2)20(24)9-6-16-4-3-5-18(14-16)29-22(25)23-10-12-28-13-11-23/h3-9,14-15H,10-13H2,1-2H3/b9-6+. The van der Waals surface area contributed by atoms with Crippen molar-refractivity contribution in [2.75, 3.05) is 40.5 Å². The van der Waals surface area contributed by atoms with Gasteiger partial charge in [-0.15, -0.1) is 0 Å². The van der Waals surface area contributed by atoms with E-state index in [-0.39, 0.29) is 5.78 Å². The minimum Gasteiger partial charge on any atom is -0.497 e. The maximum atomic E-state index is 12.6. The van der Waals surface area contributed by atoms with Gasteiger partial charge in [0, 0.05) is 19.2 Å². The lowest BCUT2D eigenvalue weighted by atomic mass is 10.1. The van der Waals surface area contributed by atoms with Crippen molar-refractivity contribution < 1.29 is 28.5 Å². The number of allylic oxidation sites excluding steroid dienone is 1. The summed E-state index contributed by atoms with van der Waals surface area (Å²) in [7, 11) is 3.05. The fraction of sp³-hybridized carbons (Fsp3) is 0.273. The summed E-state index contributed by atoms with van der Waals surface area (Å²) in [5.74, 6) is 1.25. The molecule has 0 radical (unpaired) electrons. The number of hydrogen-bond donors (Lipinski definition) is 0. The molecule has 0 unspecified atom stereocenters. The van der Waals surface area contributed by atoms with Crippen LogP contribution < -0.4 is 14.2 Å². The summed E-state index contributed by atoms with van der Waals surface area (Å²) in [5, 5.41) is 0. The molecule has 1 aliphatic rings. The number of morpholine rings is 1. The number of carbonyl (C=O) groups is 2. The lowest BCUT2D eigenvalue weighted by Crippen LogP contribution is -2.42. The molecular weight excluding hydrogens is 374 g/mol. The van der Waals surface area contributed by atoms with E-state index in [9.17, 15) is 9.59 Å². The van der Waals surface area contributed by atoms with Gasteiger partial charge in [-0.05, 0) is 35.9 Å². The molecule has 0 bridgehead atoms. The van der Waals surface area contributed by atoms with Crippen molar-refractivity contribution in [1.82, 2.24) is 4.90 Å². The second-order valence-corrected chi connectivity index (χ2v) is 6.30. The predicted octanol–water partition coefficient (Wildman–Crippen LogP) is 3.43. The molecule has 1 aliphatic heterocycles. The molecule has 29 heavy (non-hydrogen) atoms. The van der Waals surface area contributed by atoms with Gasteiger partial charge in [0.25, 0.3) is 0 Å². The molecule has 2 aromatic rings. The van der Waals surface area contributed by atoms with E-state index in [4.69, 9.17) is 18.9 Å². The first-order valence-corrected chi connectivity index (χ1v) is 9.19. The molecular formula is C22H23NO6. The number of amides is 1. The Kier molecular flexibility index (Phi) is 6.86. The smallest absolute Gasteiger partial charge is 0.415 e. The van der Waals surface area contributed by atoms with E-state index in [1.54, 1.807) is 54.5 Å². The van der Waals surface area contributed by atoms with E-state index in [0.717, 1.165) is 5.56 Å². The lowest BCUT2D eigenvalue weighted by Gasteiger charge is -2.25. The zero-order chi connectivity index (χ0) is 20.6. The van der Waals surface area contributed by atoms with Crippen LogP contribution in [-0.2, 0) is 4.74 Å². The Morgan fingerprint density at radius 1 is 1.00 bits per heavy atom. The second-order valence-electron chi connectivity index (χ2n) is 6.30. The number of benzene rings is 2. The quantitative estimate of drug-likeness (QED) is 0.549. The van der Waals surface area contributed by atoms with Crippen molar-refractivity contribution in [1.29, 1.82) is 0 Å². The number of hydrogen-bond acceptors (Lipinski definition) is 6. The summed E-state index contributed by atoms with van der Waals surface area (Å²) in [6.45, 7) is 2.04. The third kappa shape index (κ3) is 5.36. The van der Waals surface area contributed by atoms with Crippen molar-refractivity contribution in [2.24, 2.45) is 0 Å². The highest BCUT2D eigenvalue weighted by molar-refractivity contribution is 6.08. The average Bonchev–Trinajstić information content (AvgIpc) is 2.77. The molecule has 0 atom stereocenters. The largest absolute Gasteiger partial charge is 0.497 e. The highest BCUT2D eigenvalue weighted by atomic mass is 16.6. The van der Waals surface area contributed by atoms with Crippen molar-refractivity contribution in [3.8, 4) is 17.2 Å². The van der Waals surface area contributed by atoms with Gasteiger partial charge in [0.2, 0.25) is 0 Å². The first-order valence-electron chi connectivity index (χ1n) is 9.19. The van der Waals surface area contributed by atoms with Gasteiger partial charge >= 0.3 is 6.09 Å². The molecule has 0 N–H and O–H groups in total. The van der Waals surface area contributed by atoms with Crippen LogP contribution >= 0.6 is 0 Å². The van der Waals surface area contributed by atoms with Gasteiger partial charge in [0.1, 0.15) is 17.2 Å². The van der Waals surface area contributed by atoms with Crippen LogP contribution in [0, 0.1) is 0 Å². The third-order valence-electron chi connectivity index (χ3n) is 4.43. The molecule has 1 fully saturated rings. The minimum atomic E-state index is -0.409. The zero-order valence-corrected chi connectivity index (χ0v) is 16.4. The average molecular weight is 397 g/mol. The molecule has 0 saturated carbocycles. The Labute approximate surface area is 169 Å². The van der Waals surface area contributed by atoms with Gasteiger partial charge in [-0.25, -0.2) is 4.79 Å². The minimum absolute atomic E-state index is 0.208. The molecule has 1 heterocycles. The molecule has 0 aromatic heterocycles. The topological polar surface area (TPSA) is 74.3 Å². The maximum absolute atomic E-state index is 12.6. The summed E-state index contributed by atoms with van der Waals surface area (Å²) in [6.07, 6.45) is 2.71. The Bertz CT molecular complexity index is 902. The molecule has 1 amide bonds. The summed E-state index contributed by atoms with van der Waals surface area (Å²) in [5.41, 5.74) is 1.16. The molecule has 7 nitrogen and oxygen atoms in total. The summed E-state index contributed by atoms with van der Waals surface area (Å²) in [4.78, 5) is 26.4. The van der Waals surface area contributed by atoms with Gasteiger partial charge in [-0.2, -0.15) is 0 Å². The maximum Gasteiger partial charge on any atom is 0.415 e. The first kappa shape index (κ1) is 20.4. The zero-order valence-electron chi connectivity index (χ0n) is 16.4. The summed E-state index contributed by atoms with van der Waals surface area (Å²) >= 11 is 0. The van der Waals surface area contributed by atoms with Crippen molar-refractivity contribution in [3.05, 3.63) is 59.7 Å². The number of ether oxygens (including phenoxy) is 4. The second kappa shape index (κ2) is 9.75. The van der Waals surface area contributed by atoms with Crippen LogP contribution in [0.5, 0.6) is 17.2 Å². The molecule has 7 heteroatoms. The van der Waals surface area contributed by atoms with Crippen LogP contribution in [0.15, 0.2) is 48.5 Å². The third-order valence-corrected chi connectivity index (χ3v) is 4.43. The fourth-order valence-corrected chi connectivity index (χ4v) is 2.86. The Balaban J connectivity index is 1.68. The van der Waals surface area contributed by atoms with Crippen LogP contribution in [-0.4, -0.2) is 57.3 Å². The van der Waals surface area contributed by atoms with E-state index in [1.165, 1.54) is 13.2 Å². The van der Waals surface area contributed by atoms with E-state index in [0.29, 0.717) is 49.1 Å². The first-order chi connectivity index (χ1) is 14.1. The number of ketones is 1. The SMILES string of the molecule is COc1ccc(C(=O)/C=C/c2cccc(OC(=O)N3CCOCC3)c2)c(OC)c1. The van der Waals surface area contributed by atoms with Gasteiger partial charge in [0.15, 0.2) is 5.78 Å². The number of nitrogens with zero attached hydrogens (tertiary/aromatic N) is 1. The van der Waals surface area contributed by atoms with Crippen molar-refractivity contribution in [3.63, 3.8) is 0 Å². The van der Waals surface area contributed by atoms with Crippen LogP contribution in [0.2, 0.25) is 0 Å². The van der Waals surface area contributed by atoms with Crippen molar-refractivity contribution in [2.45, 2.75) is 0 Å². The highest BCUT2D eigenvalue weighted by Gasteiger charge is 2.18. The van der Waals surface area contributed by atoms with E-state index in [2.05, 4.69) is 0 Å². The van der Waals surface area contributed by atoms with Gasteiger partial charge in [-0.3, -0.25) is 4.79 Å². The van der Waals surface area contributed by atoms with Gasteiger partial charge in [-0.1, -0.05) is 18.2 Å². The van der Waals surface area contributed by atoms with Gasteiger partial charge in [0.05, 0.1) is 33.0 Å². The molecule has 152 valence electrons. The normalized spacial score (nSPS) is 13.9. The van der Waals surface area contributed by atoms with E-state index in [1.807, 2.05) is 6.07 Å². The molecule has 1 saturated heterocycles. The molecule has 0 spiro atoms. The van der Waals surface area contributed by atoms with Crippen LogP contribution in [0.25, 0.3) is 6.08 Å². The van der Waals surface area contributed by atoms with Crippen LogP contribution in [0.4, 0.5) is 4.79 Å². The van der Waals surface area contributed by atoms with Crippen LogP contribution in [0.1, 0.15) is 15.9 Å². The van der Waals surface area contributed by atoms with Crippen LogP contribution in [0.3, 0.4) is 0 Å². The number of carbonyl (C=O) groups excluding carboxylic acids is 2. The Hall–Kier alpha value is -3.32.